The lowest BCUT2D eigenvalue weighted by Crippen LogP contribution is -2.42. The monoisotopic (exact) mass is 561 g/mol. The van der Waals surface area contributed by atoms with Crippen LogP contribution in [0.25, 0.3) is 11.0 Å². The van der Waals surface area contributed by atoms with E-state index in [0.29, 0.717) is 49.0 Å². The van der Waals surface area contributed by atoms with Gasteiger partial charge < -0.3 is 15.0 Å². The van der Waals surface area contributed by atoms with E-state index in [4.69, 9.17) is 4.98 Å². The number of aliphatic carboxylic acids is 1. The third kappa shape index (κ3) is 6.31. The highest BCUT2D eigenvalue weighted by Crippen LogP contribution is 2.45. The number of halogens is 3. The first-order chi connectivity index (χ1) is 18.7. The van der Waals surface area contributed by atoms with Gasteiger partial charge in [-0.1, -0.05) is 51.0 Å². The molecule has 2 unspecified atom stereocenters. The van der Waals surface area contributed by atoms with Gasteiger partial charge in [-0.25, -0.2) is 9.78 Å². The Morgan fingerprint density at radius 3 is 2.51 bits per heavy atom. The number of carbonyl (C=O) groups is 2. The second-order valence-corrected chi connectivity index (χ2v) is 12.0. The first kappa shape index (κ1) is 27.7. The Balaban J connectivity index is 1.45. The van der Waals surface area contributed by atoms with Gasteiger partial charge in [0.2, 0.25) is 0 Å². The molecule has 3 atom stereocenters. The number of alkyl halides is 3. The Kier molecular flexibility index (Phi) is 8.30. The Hall–Kier alpha value is -2.88. The molecule has 0 radical (unpaired) electrons. The molecule has 210 valence electrons. The van der Waals surface area contributed by atoms with Crippen LogP contribution in [-0.4, -0.2) is 38.8 Å². The number of fused-ring (bicyclic) bond motifs is 1. The maximum atomic E-state index is 14.1. The molecule has 39 heavy (non-hydrogen) atoms. The largest absolute Gasteiger partial charge is 0.480 e. The summed E-state index contributed by atoms with van der Waals surface area (Å²) < 4.78 is 44.0. The molecule has 10 heteroatoms. The van der Waals surface area contributed by atoms with Crippen molar-refractivity contribution in [3.05, 3.63) is 52.0 Å². The number of hydrogen-bond donors (Lipinski definition) is 2. The molecule has 2 fully saturated rings. The highest BCUT2D eigenvalue weighted by Gasteiger charge is 2.47. The quantitative estimate of drug-likeness (QED) is 0.306. The fourth-order valence-corrected chi connectivity index (χ4v) is 7.08. The van der Waals surface area contributed by atoms with E-state index in [0.717, 1.165) is 37.0 Å². The Bertz CT molecular complexity index is 1300. The average Bonchev–Trinajstić information content (AvgIpc) is 3.55. The zero-order valence-corrected chi connectivity index (χ0v) is 22.6. The minimum absolute atomic E-state index is 0.0876. The summed E-state index contributed by atoms with van der Waals surface area (Å²) in [5.74, 6) is -2.21. The molecule has 6 nitrogen and oxygen atoms in total. The van der Waals surface area contributed by atoms with Crippen LogP contribution < -0.4 is 5.32 Å². The summed E-state index contributed by atoms with van der Waals surface area (Å²) in [5, 5.41) is 14.3. The number of hydrogen-bond acceptors (Lipinski definition) is 4. The molecule has 1 amide bonds. The van der Waals surface area contributed by atoms with Crippen molar-refractivity contribution in [3.63, 3.8) is 0 Å². The maximum absolute atomic E-state index is 14.1. The lowest BCUT2D eigenvalue weighted by Gasteiger charge is -2.35. The number of nitrogens with zero attached hydrogens (tertiary/aromatic N) is 2. The summed E-state index contributed by atoms with van der Waals surface area (Å²) >= 11 is 1.53. The highest BCUT2D eigenvalue weighted by molar-refractivity contribution is 7.09. The minimum Gasteiger partial charge on any atom is -0.480 e. The van der Waals surface area contributed by atoms with Crippen molar-refractivity contribution in [2.75, 3.05) is 0 Å². The number of carboxylic acid groups (broad SMARTS) is 1. The van der Waals surface area contributed by atoms with E-state index in [1.165, 1.54) is 11.3 Å². The van der Waals surface area contributed by atoms with E-state index < -0.39 is 36.1 Å². The summed E-state index contributed by atoms with van der Waals surface area (Å²) in [7, 11) is 0. The van der Waals surface area contributed by atoms with Crippen molar-refractivity contribution in [1.82, 2.24) is 14.9 Å². The predicted molar refractivity (Wildman–Crippen MR) is 144 cm³/mol. The van der Waals surface area contributed by atoms with Crippen molar-refractivity contribution in [2.24, 2.45) is 11.8 Å². The number of carbonyl (C=O) groups excluding carboxylic acids is 1. The molecule has 0 spiro atoms. The Labute approximate surface area is 229 Å². The smallest absolute Gasteiger partial charge is 0.393 e. The number of nitrogens with one attached hydrogen (secondary N) is 1. The van der Waals surface area contributed by atoms with Gasteiger partial charge in [0.15, 0.2) is 0 Å². The second-order valence-electron chi connectivity index (χ2n) is 11.0. The summed E-state index contributed by atoms with van der Waals surface area (Å²) in [6.07, 6.45) is 3.49. The summed E-state index contributed by atoms with van der Waals surface area (Å²) in [6, 6.07) is 6.89. The number of benzene rings is 1. The van der Waals surface area contributed by atoms with Crippen LogP contribution in [0.2, 0.25) is 0 Å². The molecule has 0 saturated heterocycles. The van der Waals surface area contributed by atoms with Crippen molar-refractivity contribution in [3.8, 4) is 0 Å². The number of imidazole rings is 1. The van der Waals surface area contributed by atoms with Gasteiger partial charge >= 0.3 is 12.1 Å². The Morgan fingerprint density at radius 2 is 1.82 bits per heavy atom. The van der Waals surface area contributed by atoms with Crippen LogP contribution in [0.3, 0.4) is 0 Å². The van der Waals surface area contributed by atoms with Gasteiger partial charge in [-0.15, -0.1) is 11.3 Å². The highest BCUT2D eigenvalue weighted by atomic mass is 32.1. The molecule has 2 aromatic heterocycles. The molecule has 5 rings (SSSR count). The van der Waals surface area contributed by atoms with E-state index in [2.05, 4.69) is 5.32 Å². The zero-order valence-electron chi connectivity index (χ0n) is 21.8. The fourth-order valence-electron chi connectivity index (χ4n) is 6.38. The first-order valence-corrected chi connectivity index (χ1v) is 14.7. The van der Waals surface area contributed by atoms with Gasteiger partial charge in [0.1, 0.15) is 11.9 Å². The van der Waals surface area contributed by atoms with E-state index in [-0.39, 0.29) is 17.9 Å². The number of aromatic nitrogens is 2. The van der Waals surface area contributed by atoms with Gasteiger partial charge in [0.05, 0.1) is 17.0 Å². The van der Waals surface area contributed by atoms with Crippen LogP contribution >= 0.6 is 11.3 Å². The van der Waals surface area contributed by atoms with Crippen molar-refractivity contribution in [2.45, 2.75) is 88.9 Å². The zero-order chi connectivity index (χ0) is 27.6. The molecule has 3 aromatic rings. The standard InChI is InChI=1S/C29H34F3N3O3S/c30-29(31,32)21-10-4-5-11-24(21)35-25-13-12-19(16-22(25)33-26(35)17-20-9-6-14-39-20)27(36)34-23(28(37)38)15-18-7-2-1-3-8-18/h6,9,12-14,16,18,21,23-24H,1-5,7-8,10-11,15,17H2,(H,34,36)(H,37,38)/t21?,23?,24-/m0/s1. The van der Waals surface area contributed by atoms with E-state index >= 15 is 0 Å². The summed E-state index contributed by atoms with van der Waals surface area (Å²) in [5.41, 5.74) is 1.26. The topological polar surface area (TPSA) is 84.2 Å². The van der Waals surface area contributed by atoms with Gasteiger partial charge in [-0.3, -0.25) is 4.79 Å². The van der Waals surface area contributed by atoms with Crippen molar-refractivity contribution >= 4 is 34.2 Å². The Morgan fingerprint density at radius 1 is 1.08 bits per heavy atom. The van der Waals surface area contributed by atoms with Crippen molar-refractivity contribution in [1.29, 1.82) is 0 Å². The van der Waals surface area contributed by atoms with Gasteiger partial charge in [-0.2, -0.15) is 13.2 Å². The lowest BCUT2D eigenvalue weighted by atomic mass is 9.83. The third-order valence-corrected chi connectivity index (χ3v) is 9.19. The molecule has 0 aliphatic heterocycles. The van der Waals surface area contributed by atoms with Crippen LogP contribution in [-0.2, 0) is 11.2 Å². The first-order valence-electron chi connectivity index (χ1n) is 13.8. The number of thiophene rings is 1. The molecule has 1 aromatic carbocycles. The normalized spacial score (nSPS) is 21.6. The molecule has 0 bridgehead atoms. The summed E-state index contributed by atoms with van der Waals surface area (Å²) in [6.45, 7) is 0. The van der Waals surface area contributed by atoms with Crippen molar-refractivity contribution < 1.29 is 27.9 Å². The fraction of sp³-hybridized carbons (Fsp3) is 0.552. The van der Waals surface area contributed by atoms with Gasteiger partial charge in [-0.05, 0) is 54.8 Å². The summed E-state index contributed by atoms with van der Waals surface area (Å²) in [4.78, 5) is 30.8. The number of amides is 1. The third-order valence-electron chi connectivity index (χ3n) is 8.32. The van der Waals surface area contributed by atoms with E-state index in [9.17, 15) is 27.9 Å². The molecule has 2 N–H and O–H groups in total. The molecule has 2 aliphatic rings. The van der Waals surface area contributed by atoms with Crippen LogP contribution in [0.4, 0.5) is 13.2 Å². The second kappa shape index (κ2) is 11.7. The van der Waals surface area contributed by atoms with Crippen LogP contribution in [0.15, 0.2) is 35.7 Å². The van der Waals surface area contributed by atoms with Gasteiger partial charge in [0.25, 0.3) is 5.91 Å². The van der Waals surface area contributed by atoms with Crippen LogP contribution in [0.1, 0.15) is 91.3 Å². The van der Waals surface area contributed by atoms with Crippen LogP contribution in [0.5, 0.6) is 0 Å². The van der Waals surface area contributed by atoms with Gasteiger partial charge in [0, 0.05) is 22.9 Å². The van der Waals surface area contributed by atoms with E-state index in [1.807, 2.05) is 17.5 Å². The SMILES string of the molecule is O=C(NC(CC1CCCCC1)C(=O)O)c1ccc2c(c1)nc(Cc1cccs1)n2[C@H]1CCCCC1C(F)(F)F. The molecular formula is C29H34F3N3O3S. The molecule has 2 heterocycles. The molecular weight excluding hydrogens is 527 g/mol. The molecule has 2 aliphatic carbocycles. The minimum atomic E-state index is -4.31. The lowest BCUT2D eigenvalue weighted by molar-refractivity contribution is -0.193. The molecule has 2 saturated carbocycles. The van der Waals surface area contributed by atoms with E-state index in [1.54, 1.807) is 22.8 Å². The average molecular weight is 562 g/mol. The van der Waals surface area contributed by atoms with Crippen LogP contribution in [0, 0.1) is 11.8 Å². The predicted octanol–water partition coefficient (Wildman–Crippen LogP) is 7.14. The number of carboxylic acids is 1. The number of rotatable bonds is 8. The maximum Gasteiger partial charge on any atom is 0.393 e.